The Hall–Kier alpha value is -6.38. The van der Waals surface area contributed by atoms with Gasteiger partial charge >= 0.3 is 0 Å². The third-order valence-corrected chi connectivity index (χ3v) is 16.2. The number of likely N-dealkylation sites (tertiary alicyclic amines) is 2. The van der Waals surface area contributed by atoms with Gasteiger partial charge in [0.1, 0.15) is 12.1 Å². The molecule has 0 unspecified atom stereocenters. The van der Waals surface area contributed by atoms with Gasteiger partial charge in [-0.1, -0.05) is 164 Å². The number of hydrogen-bond donors (Lipinski definition) is 4. The van der Waals surface area contributed by atoms with E-state index in [9.17, 15) is 28.8 Å². The topological polar surface area (TPSA) is 163 Å². The number of hydrogen-bond acceptors (Lipinski definition) is 8. The fraction of sp³-hybridized carbons (Fsp3) is 0.545. The van der Waals surface area contributed by atoms with Gasteiger partial charge in [0.15, 0.2) is 0 Å². The van der Waals surface area contributed by atoms with Gasteiger partial charge in [0.05, 0.1) is 12.1 Å². The Bertz CT molecular complexity index is 2470. The second-order valence-corrected chi connectivity index (χ2v) is 24.6. The van der Waals surface area contributed by atoms with E-state index in [0.29, 0.717) is 52.1 Å². The minimum absolute atomic E-state index is 0.0579. The highest BCUT2D eigenvalue weighted by Crippen LogP contribution is 2.30. The number of carbonyl (C=O) groups excluding carboxylic acids is 6. The van der Waals surface area contributed by atoms with E-state index in [1.165, 1.54) is 0 Å². The van der Waals surface area contributed by atoms with E-state index in [2.05, 4.69) is 81.9 Å². The van der Waals surface area contributed by atoms with Crippen LogP contribution in [0.2, 0.25) is 0 Å². The van der Waals surface area contributed by atoms with Gasteiger partial charge in [-0.2, -0.15) is 0 Å². The molecule has 0 aliphatic carbocycles. The van der Waals surface area contributed by atoms with E-state index < -0.39 is 35.0 Å². The lowest BCUT2D eigenvalue weighted by Gasteiger charge is -2.37. The highest BCUT2D eigenvalue weighted by Gasteiger charge is 2.42. The van der Waals surface area contributed by atoms with Gasteiger partial charge in [-0.25, -0.2) is 0 Å². The average molecular weight is 1100 g/mol. The van der Waals surface area contributed by atoms with Crippen molar-refractivity contribution in [3.8, 4) is 22.3 Å². The van der Waals surface area contributed by atoms with E-state index >= 15 is 0 Å². The third-order valence-electron chi connectivity index (χ3n) is 16.2. The maximum absolute atomic E-state index is 14.4. The summed E-state index contributed by atoms with van der Waals surface area (Å²) in [7, 11) is 3.45. The zero-order valence-corrected chi connectivity index (χ0v) is 49.8. The molecule has 4 N–H and O–H groups in total. The SMILES string of the molecule is CN[C@@H](C)C(=O)N[C@H](C(=O)N1CCC[C@@H]1CN(Cc1cccc(-c2ccccc2)c1)C(=O)CCCCCCCCC(=O)N(Cc1cccc(-c2ccccc2)c1)C[C@@H]1CCCN1C(=O)[C@@H](NC(=O)[C@H](C)NC)C(C)(C)C)C(C)(C)C. The maximum atomic E-state index is 14.4. The molecule has 6 amide bonds. The maximum Gasteiger partial charge on any atom is 0.246 e. The summed E-state index contributed by atoms with van der Waals surface area (Å²) in [6.07, 6.45) is 9.05. The van der Waals surface area contributed by atoms with E-state index in [-0.39, 0.29) is 47.5 Å². The van der Waals surface area contributed by atoms with Crippen LogP contribution in [-0.2, 0) is 41.9 Å². The number of carbonyl (C=O) groups is 6. The summed E-state index contributed by atoms with van der Waals surface area (Å²) >= 11 is 0. The Morgan fingerprint density at radius 2 is 0.850 bits per heavy atom. The van der Waals surface area contributed by atoms with Crippen LogP contribution in [0.25, 0.3) is 22.3 Å². The van der Waals surface area contributed by atoms with Crippen LogP contribution in [0.1, 0.15) is 144 Å². The fourth-order valence-electron chi connectivity index (χ4n) is 11.1. The quantitative estimate of drug-likeness (QED) is 0.0429. The van der Waals surface area contributed by atoms with Gasteiger partial charge in [-0.05, 0) is 123 Å². The zero-order valence-electron chi connectivity index (χ0n) is 49.8. The predicted molar refractivity (Wildman–Crippen MR) is 321 cm³/mol. The smallest absolute Gasteiger partial charge is 0.246 e. The van der Waals surface area contributed by atoms with Crippen molar-refractivity contribution < 1.29 is 28.8 Å². The van der Waals surface area contributed by atoms with Crippen molar-refractivity contribution >= 4 is 35.4 Å². The first-order valence-corrected chi connectivity index (χ1v) is 29.6. The third kappa shape index (κ3) is 18.1. The molecule has 6 atom stereocenters. The van der Waals surface area contributed by atoms with Crippen LogP contribution in [0.4, 0.5) is 0 Å². The highest BCUT2D eigenvalue weighted by molar-refractivity contribution is 5.91. The molecule has 2 aliphatic rings. The van der Waals surface area contributed by atoms with Crippen molar-refractivity contribution in [2.24, 2.45) is 10.8 Å². The number of amides is 6. The van der Waals surface area contributed by atoms with Gasteiger partial charge < -0.3 is 40.9 Å². The van der Waals surface area contributed by atoms with Gasteiger partial charge in [0, 0.05) is 64.2 Å². The second kappa shape index (κ2) is 29.9. The molecule has 2 saturated heterocycles. The molecule has 6 rings (SSSR count). The number of benzene rings is 4. The molecule has 14 nitrogen and oxygen atoms in total. The number of rotatable bonds is 27. The molecule has 2 aliphatic heterocycles. The monoisotopic (exact) mass is 1090 g/mol. The van der Waals surface area contributed by atoms with Crippen LogP contribution >= 0.6 is 0 Å². The molecular weight excluding hydrogens is 1000 g/mol. The molecule has 2 fully saturated rings. The minimum Gasteiger partial charge on any atom is -0.342 e. The van der Waals surface area contributed by atoms with Crippen LogP contribution < -0.4 is 21.3 Å². The summed E-state index contributed by atoms with van der Waals surface area (Å²) < 4.78 is 0. The van der Waals surface area contributed by atoms with Crippen LogP contribution in [0.3, 0.4) is 0 Å². The van der Waals surface area contributed by atoms with Crippen molar-refractivity contribution in [3.05, 3.63) is 120 Å². The summed E-state index contributed by atoms with van der Waals surface area (Å²) in [6, 6.07) is 34.4. The minimum atomic E-state index is -0.722. The highest BCUT2D eigenvalue weighted by atomic mass is 16.2. The normalized spacial score (nSPS) is 17.1. The van der Waals surface area contributed by atoms with E-state index in [1.54, 1.807) is 27.9 Å². The van der Waals surface area contributed by atoms with Crippen LogP contribution in [0.15, 0.2) is 109 Å². The lowest BCUT2D eigenvalue weighted by molar-refractivity contribution is -0.142. The molecule has 80 heavy (non-hydrogen) atoms. The second-order valence-electron chi connectivity index (χ2n) is 24.6. The van der Waals surface area contributed by atoms with Crippen molar-refractivity contribution in [2.75, 3.05) is 40.3 Å². The predicted octanol–water partition coefficient (Wildman–Crippen LogP) is 9.76. The molecule has 0 bridgehead atoms. The summed E-state index contributed by atoms with van der Waals surface area (Å²) in [4.78, 5) is 91.6. The molecule has 2 heterocycles. The summed E-state index contributed by atoms with van der Waals surface area (Å²) in [5.41, 5.74) is 5.35. The van der Waals surface area contributed by atoms with E-state index in [4.69, 9.17) is 0 Å². The number of nitrogens with zero attached hydrogens (tertiary/aromatic N) is 4. The first-order valence-electron chi connectivity index (χ1n) is 29.6. The lowest BCUT2D eigenvalue weighted by atomic mass is 9.85. The molecule has 0 radical (unpaired) electrons. The largest absolute Gasteiger partial charge is 0.342 e. The molecule has 434 valence electrons. The summed E-state index contributed by atoms with van der Waals surface area (Å²) in [6.45, 7) is 18.2. The Balaban J connectivity index is 1.08. The van der Waals surface area contributed by atoms with Gasteiger partial charge in [-0.15, -0.1) is 0 Å². The Morgan fingerprint density at radius 1 is 0.500 bits per heavy atom. The first kappa shape index (κ1) is 62.8. The summed E-state index contributed by atoms with van der Waals surface area (Å²) in [5.74, 6) is -0.562. The molecular formula is C66H94N8O6. The van der Waals surface area contributed by atoms with E-state index in [1.807, 2.05) is 110 Å². The number of likely N-dealkylation sites (N-methyl/N-ethyl adjacent to an activating group) is 2. The molecule has 0 aromatic heterocycles. The van der Waals surface area contributed by atoms with Gasteiger partial charge in [0.25, 0.3) is 0 Å². The van der Waals surface area contributed by atoms with E-state index in [0.717, 1.165) is 97.6 Å². The fourth-order valence-corrected chi connectivity index (χ4v) is 11.1. The number of nitrogens with one attached hydrogen (secondary N) is 4. The molecule has 4 aromatic carbocycles. The van der Waals surface area contributed by atoms with Crippen molar-refractivity contribution in [1.82, 2.24) is 40.9 Å². The summed E-state index contributed by atoms with van der Waals surface area (Å²) in [5, 5.41) is 12.0. The standard InChI is InChI=1S/C66H94N8O6/c1-47(67-9)61(77)69-59(65(3,4)5)63(79)73-39-25-35-55(73)45-71(43-49-27-23-33-53(41-49)51-29-17-15-18-30-51)57(75)37-21-13-11-12-14-22-38-58(76)72(44-50-28-24-34-54(42-50)52-31-19-16-20-32-52)46-56-36-26-40-74(56)64(80)60(66(6,7)8)70-62(78)48(2)68-10/h15-20,23-24,27-34,41-42,47-48,55-56,59-60,67-68H,11-14,21-22,25-26,35-40,43-46H2,1-10H3,(H,69,77)(H,70,78)/t47-,48-,55-,56+,59+,60+/m0/s1. The van der Waals surface area contributed by atoms with Gasteiger partial charge in [0.2, 0.25) is 35.4 Å². The van der Waals surface area contributed by atoms with Crippen LogP contribution in [0.5, 0.6) is 0 Å². The Labute approximate surface area is 478 Å². The molecule has 0 saturated carbocycles. The first-order chi connectivity index (χ1) is 38.2. The van der Waals surface area contributed by atoms with Crippen molar-refractivity contribution in [2.45, 2.75) is 182 Å². The van der Waals surface area contributed by atoms with Crippen molar-refractivity contribution in [1.29, 1.82) is 0 Å². The molecule has 0 spiro atoms. The molecule has 4 aromatic rings. The van der Waals surface area contributed by atoms with Gasteiger partial charge in [-0.3, -0.25) is 28.8 Å². The Morgan fingerprint density at radius 3 is 1.20 bits per heavy atom. The lowest BCUT2D eigenvalue weighted by Crippen LogP contribution is -2.59. The average Bonchev–Trinajstić information content (AvgIpc) is 4.14. The Kier molecular flexibility index (Phi) is 23.5. The van der Waals surface area contributed by atoms with Crippen molar-refractivity contribution in [3.63, 3.8) is 0 Å². The number of unbranched alkanes of at least 4 members (excludes halogenated alkanes) is 5. The van der Waals surface area contributed by atoms with Crippen LogP contribution in [-0.4, -0.2) is 132 Å². The van der Waals surface area contributed by atoms with Crippen LogP contribution in [0, 0.1) is 10.8 Å². The molecule has 14 heteroatoms. The zero-order chi connectivity index (χ0) is 58.0.